The Labute approximate surface area is 154 Å². The molecular weight excluding hydrogens is 389 g/mol. The number of carbonyl (C=O) groups is 1. The topological polar surface area (TPSA) is 48.7 Å². The van der Waals surface area contributed by atoms with Gasteiger partial charge in [-0.2, -0.15) is 0 Å². The first-order valence-corrected chi connectivity index (χ1v) is 9.09. The number of piperazine rings is 1. The minimum atomic E-state index is -0.211. The maximum atomic E-state index is 13.0. The SMILES string of the molecule is Cc1cc(Br)oc1C(=O)NCCN1CCN(c2ccc(F)cc2)CC1. The Morgan fingerprint density at radius 3 is 2.52 bits per heavy atom. The van der Waals surface area contributed by atoms with Crippen LogP contribution in [0, 0.1) is 12.7 Å². The van der Waals surface area contributed by atoms with Crippen molar-refractivity contribution in [3.63, 3.8) is 0 Å². The number of anilines is 1. The van der Waals surface area contributed by atoms with Crippen molar-refractivity contribution in [3.8, 4) is 0 Å². The van der Waals surface area contributed by atoms with Gasteiger partial charge in [-0.05, 0) is 53.2 Å². The highest BCUT2D eigenvalue weighted by atomic mass is 79.9. The van der Waals surface area contributed by atoms with Gasteiger partial charge < -0.3 is 14.6 Å². The van der Waals surface area contributed by atoms with Gasteiger partial charge in [0.15, 0.2) is 10.4 Å². The number of hydrogen-bond acceptors (Lipinski definition) is 4. The summed E-state index contributed by atoms with van der Waals surface area (Å²) in [4.78, 5) is 16.7. The molecule has 2 aromatic rings. The molecule has 2 heterocycles. The van der Waals surface area contributed by atoms with Gasteiger partial charge in [0, 0.05) is 50.5 Å². The quantitative estimate of drug-likeness (QED) is 0.824. The maximum Gasteiger partial charge on any atom is 0.287 e. The Kier molecular flexibility index (Phi) is 5.75. The summed E-state index contributed by atoms with van der Waals surface area (Å²) in [5.74, 6) is -0.0434. The van der Waals surface area contributed by atoms with E-state index in [4.69, 9.17) is 4.42 Å². The molecule has 0 saturated carbocycles. The van der Waals surface area contributed by atoms with E-state index in [0.29, 0.717) is 17.0 Å². The van der Waals surface area contributed by atoms with E-state index in [2.05, 4.69) is 31.0 Å². The van der Waals surface area contributed by atoms with Gasteiger partial charge in [0.1, 0.15) is 5.82 Å². The lowest BCUT2D eigenvalue weighted by Gasteiger charge is -2.36. The van der Waals surface area contributed by atoms with E-state index in [1.54, 1.807) is 6.07 Å². The Balaban J connectivity index is 1.41. The van der Waals surface area contributed by atoms with Gasteiger partial charge in [0.2, 0.25) is 0 Å². The Bertz CT molecular complexity index is 724. The maximum absolute atomic E-state index is 13.0. The van der Waals surface area contributed by atoms with Crippen molar-refractivity contribution in [2.75, 3.05) is 44.2 Å². The second-order valence-electron chi connectivity index (χ2n) is 6.12. The highest BCUT2D eigenvalue weighted by Crippen LogP contribution is 2.19. The number of aryl methyl sites for hydroxylation is 1. The van der Waals surface area contributed by atoms with Crippen LogP contribution in [0.3, 0.4) is 0 Å². The molecule has 1 aliphatic heterocycles. The van der Waals surface area contributed by atoms with Crippen LogP contribution in [0.25, 0.3) is 0 Å². The van der Waals surface area contributed by atoms with Crippen LogP contribution in [-0.4, -0.2) is 50.1 Å². The number of nitrogens with zero attached hydrogens (tertiary/aromatic N) is 2. The van der Waals surface area contributed by atoms with Gasteiger partial charge in [-0.3, -0.25) is 9.69 Å². The zero-order chi connectivity index (χ0) is 17.8. The number of nitrogens with one attached hydrogen (secondary N) is 1. The van der Waals surface area contributed by atoms with E-state index in [9.17, 15) is 9.18 Å². The molecule has 3 rings (SSSR count). The molecule has 25 heavy (non-hydrogen) atoms. The fraction of sp³-hybridized carbons (Fsp3) is 0.389. The molecule has 0 atom stereocenters. The summed E-state index contributed by atoms with van der Waals surface area (Å²) < 4.78 is 18.9. The monoisotopic (exact) mass is 409 g/mol. The lowest BCUT2D eigenvalue weighted by Crippen LogP contribution is -2.48. The highest BCUT2D eigenvalue weighted by Gasteiger charge is 2.18. The average Bonchev–Trinajstić information content (AvgIpc) is 2.95. The summed E-state index contributed by atoms with van der Waals surface area (Å²) in [5, 5.41) is 2.90. The molecule has 0 spiro atoms. The van der Waals surface area contributed by atoms with Crippen LogP contribution in [0.5, 0.6) is 0 Å². The van der Waals surface area contributed by atoms with Crippen molar-refractivity contribution in [2.45, 2.75) is 6.92 Å². The summed E-state index contributed by atoms with van der Waals surface area (Å²) in [5.41, 5.74) is 1.87. The summed E-state index contributed by atoms with van der Waals surface area (Å²) in [6.45, 7) is 6.83. The molecule has 1 amide bonds. The molecule has 0 unspecified atom stereocenters. The Hall–Kier alpha value is -1.86. The number of furan rings is 1. The summed E-state index contributed by atoms with van der Waals surface area (Å²) in [7, 11) is 0. The number of carbonyl (C=O) groups excluding carboxylic acids is 1. The minimum absolute atomic E-state index is 0.187. The van der Waals surface area contributed by atoms with Gasteiger partial charge in [0.25, 0.3) is 5.91 Å². The first kappa shape index (κ1) is 17.9. The minimum Gasteiger partial charge on any atom is -0.444 e. The third-order valence-corrected chi connectivity index (χ3v) is 4.76. The van der Waals surface area contributed by atoms with Gasteiger partial charge in [-0.1, -0.05) is 0 Å². The number of hydrogen-bond donors (Lipinski definition) is 1. The van der Waals surface area contributed by atoms with Gasteiger partial charge in [-0.25, -0.2) is 4.39 Å². The van der Waals surface area contributed by atoms with Crippen molar-refractivity contribution >= 4 is 27.5 Å². The second kappa shape index (κ2) is 8.01. The normalized spacial score (nSPS) is 15.4. The largest absolute Gasteiger partial charge is 0.444 e. The second-order valence-corrected chi connectivity index (χ2v) is 6.91. The molecule has 1 aliphatic rings. The molecule has 5 nitrogen and oxygen atoms in total. The van der Waals surface area contributed by atoms with Crippen molar-refractivity contribution in [1.82, 2.24) is 10.2 Å². The summed E-state index contributed by atoms with van der Waals surface area (Å²) >= 11 is 3.23. The number of halogens is 2. The zero-order valence-electron chi connectivity index (χ0n) is 14.1. The predicted molar refractivity (Wildman–Crippen MR) is 98.5 cm³/mol. The smallest absolute Gasteiger partial charge is 0.287 e. The fourth-order valence-corrected chi connectivity index (χ4v) is 3.46. The molecule has 0 bridgehead atoms. The van der Waals surface area contributed by atoms with Crippen LogP contribution in [0.1, 0.15) is 16.1 Å². The Morgan fingerprint density at radius 1 is 1.24 bits per heavy atom. The molecule has 0 aliphatic carbocycles. The molecular formula is C18H21BrFN3O2. The van der Waals surface area contributed by atoms with E-state index in [0.717, 1.165) is 44.0 Å². The van der Waals surface area contributed by atoms with Crippen LogP contribution in [0.4, 0.5) is 10.1 Å². The van der Waals surface area contributed by atoms with E-state index in [1.165, 1.54) is 12.1 Å². The first-order valence-electron chi connectivity index (χ1n) is 8.30. The van der Waals surface area contributed by atoms with Crippen molar-refractivity contribution < 1.29 is 13.6 Å². The fourth-order valence-electron chi connectivity index (χ4n) is 2.96. The molecule has 1 aromatic carbocycles. The standard InChI is InChI=1S/C18H21BrFN3O2/c1-13-12-16(19)25-17(13)18(24)21-6-7-22-8-10-23(11-9-22)15-4-2-14(20)3-5-15/h2-5,12H,6-11H2,1H3,(H,21,24). The Morgan fingerprint density at radius 2 is 1.92 bits per heavy atom. The number of amides is 1. The van der Waals surface area contributed by atoms with Crippen LogP contribution in [0.2, 0.25) is 0 Å². The summed E-state index contributed by atoms with van der Waals surface area (Å²) in [6, 6.07) is 8.39. The zero-order valence-corrected chi connectivity index (χ0v) is 15.7. The number of rotatable bonds is 5. The van der Waals surface area contributed by atoms with Crippen LogP contribution in [-0.2, 0) is 0 Å². The van der Waals surface area contributed by atoms with Gasteiger partial charge in [0.05, 0.1) is 0 Å². The first-order chi connectivity index (χ1) is 12.0. The third-order valence-electron chi connectivity index (χ3n) is 4.37. The van der Waals surface area contributed by atoms with Crippen molar-refractivity contribution in [2.24, 2.45) is 0 Å². The molecule has 134 valence electrons. The molecule has 1 fully saturated rings. The lowest BCUT2D eigenvalue weighted by atomic mass is 10.2. The lowest BCUT2D eigenvalue weighted by molar-refractivity contribution is 0.0918. The molecule has 1 N–H and O–H groups in total. The third kappa shape index (κ3) is 4.61. The van der Waals surface area contributed by atoms with E-state index in [1.807, 2.05) is 19.1 Å². The van der Waals surface area contributed by atoms with E-state index < -0.39 is 0 Å². The molecule has 1 saturated heterocycles. The number of benzene rings is 1. The highest BCUT2D eigenvalue weighted by molar-refractivity contribution is 9.10. The molecule has 1 aromatic heterocycles. The van der Waals surface area contributed by atoms with Crippen molar-refractivity contribution in [3.05, 3.63) is 52.1 Å². The summed E-state index contributed by atoms with van der Waals surface area (Å²) in [6.07, 6.45) is 0. The van der Waals surface area contributed by atoms with E-state index in [-0.39, 0.29) is 11.7 Å². The van der Waals surface area contributed by atoms with Gasteiger partial charge in [-0.15, -0.1) is 0 Å². The van der Waals surface area contributed by atoms with Crippen LogP contribution < -0.4 is 10.2 Å². The predicted octanol–water partition coefficient (Wildman–Crippen LogP) is 3.04. The molecule has 0 radical (unpaired) electrons. The molecule has 7 heteroatoms. The van der Waals surface area contributed by atoms with E-state index >= 15 is 0 Å². The average molecular weight is 410 g/mol. The van der Waals surface area contributed by atoms with Crippen LogP contribution in [0.15, 0.2) is 39.4 Å². The van der Waals surface area contributed by atoms with Crippen molar-refractivity contribution in [1.29, 1.82) is 0 Å². The van der Waals surface area contributed by atoms with Crippen LogP contribution >= 0.6 is 15.9 Å². The van der Waals surface area contributed by atoms with Gasteiger partial charge >= 0.3 is 0 Å².